The van der Waals surface area contributed by atoms with E-state index in [-0.39, 0.29) is 18.9 Å². The van der Waals surface area contributed by atoms with Crippen LogP contribution in [-0.2, 0) is 11.3 Å². The van der Waals surface area contributed by atoms with Gasteiger partial charge in [-0.2, -0.15) is 0 Å². The number of nitrogens with zero attached hydrogens (tertiary/aromatic N) is 1. The number of halogens is 1. The molecule has 1 aromatic carbocycles. The summed E-state index contributed by atoms with van der Waals surface area (Å²) >= 11 is 6.22. The van der Waals surface area contributed by atoms with Gasteiger partial charge >= 0.3 is 5.97 Å². The Morgan fingerprint density at radius 1 is 1.40 bits per heavy atom. The number of pyridine rings is 1. The van der Waals surface area contributed by atoms with Crippen molar-refractivity contribution >= 4 is 17.6 Å². The van der Waals surface area contributed by atoms with Crippen LogP contribution in [0.25, 0.3) is 0 Å². The molecule has 0 aliphatic carbocycles. The van der Waals surface area contributed by atoms with Crippen molar-refractivity contribution in [3.05, 3.63) is 56.5 Å². The minimum Gasteiger partial charge on any atom is -0.481 e. The Hall–Kier alpha value is -2.67. The van der Waals surface area contributed by atoms with Gasteiger partial charge in [0.1, 0.15) is 0 Å². The molecule has 7 nitrogen and oxygen atoms in total. The molecule has 0 spiro atoms. The van der Waals surface area contributed by atoms with Gasteiger partial charge in [-0.05, 0) is 37.1 Å². The van der Waals surface area contributed by atoms with Gasteiger partial charge in [-0.1, -0.05) is 11.6 Å². The molecule has 132 valence electrons. The monoisotopic (exact) mass is 364 g/mol. The van der Waals surface area contributed by atoms with E-state index in [1.165, 1.54) is 11.6 Å². The first-order valence-electron chi connectivity index (χ1n) is 7.65. The van der Waals surface area contributed by atoms with E-state index >= 15 is 0 Å². The predicted molar refractivity (Wildman–Crippen MR) is 92.1 cm³/mol. The number of rotatable bonds is 5. The number of nitrogens with one attached hydrogen (secondary N) is 1. The van der Waals surface area contributed by atoms with Gasteiger partial charge < -0.3 is 20.0 Å². The second-order valence-electron chi connectivity index (χ2n) is 5.78. The van der Waals surface area contributed by atoms with E-state index in [4.69, 9.17) is 21.1 Å². The molecule has 0 fully saturated rings. The average Bonchev–Trinajstić information content (AvgIpc) is 3.00. The molecule has 1 atom stereocenters. The Kier molecular flexibility index (Phi) is 4.59. The Balaban J connectivity index is 1.86. The van der Waals surface area contributed by atoms with Gasteiger partial charge in [0.05, 0.1) is 12.5 Å². The first-order chi connectivity index (χ1) is 11.9. The van der Waals surface area contributed by atoms with Crippen LogP contribution in [0, 0.1) is 6.92 Å². The van der Waals surface area contributed by atoms with Gasteiger partial charge in [-0.25, -0.2) is 4.68 Å². The first kappa shape index (κ1) is 17.2. The summed E-state index contributed by atoms with van der Waals surface area (Å²) in [7, 11) is 0. The van der Waals surface area contributed by atoms with Crippen molar-refractivity contribution in [1.29, 1.82) is 0 Å². The van der Waals surface area contributed by atoms with Crippen molar-refractivity contribution in [1.82, 2.24) is 4.68 Å². The third-order valence-electron chi connectivity index (χ3n) is 4.13. The highest BCUT2D eigenvalue weighted by Gasteiger charge is 2.21. The highest BCUT2D eigenvalue weighted by atomic mass is 35.5. The zero-order valence-corrected chi connectivity index (χ0v) is 14.5. The summed E-state index contributed by atoms with van der Waals surface area (Å²) in [6.45, 7) is 3.62. The van der Waals surface area contributed by atoms with Gasteiger partial charge in [0.2, 0.25) is 6.79 Å². The van der Waals surface area contributed by atoms with E-state index in [9.17, 15) is 14.7 Å². The minimum absolute atomic E-state index is 0.149. The highest BCUT2D eigenvalue weighted by molar-refractivity contribution is 6.31. The number of aryl methyl sites for hydroxylation is 1. The van der Waals surface area contributed by atoms with Gasteiger partial charge in [-0.3, -0.25) is 9.59 Å². The van der Waals surface area contributed by atoms with Crippen LogP contribution in [0.4, 0.5) is 0 Å². The normalized spacial score (nSPS) is 13.6. The number of aromatic nitrogens is 1. The first-order valence-corrected chi connectivity index (χ1v) is 8.03. The fourth-order valence-corrected chi connectivity index (χ4v) is 2.90. The zero-order chi connectivity index (χ0) is 18.1. The maximum atomic E-state index is 12.6. The predicted octanol–water partition coefficient (Wildman–Crippen LogP) is 2.47. The largest absolute Gasteiger partial charge is 0.481 e. The average molecular weight is 365 g/mol. The lowest BCUT2D eigenvalue weighted by Crippen LogP contribution is -2.33. The molecule has 1 unspecified atom stereocenters. The van der Waals surface area contributed by atoms with E-state index in [1.807, 2.05) is 0 Å². The third-order valence-corrected chi connectivity index (χ3v) is 4.48. The number of benzene rings is 1. The summed E-state index contributed by atoms with van der Waals surface area (Å²) in [5, 5.41) is 9.68. The number of fused-ring (bicyclic) bond motifs is 1. The molecule has 25 heavy (non-hydrogen) atoms. The Labute approximate surface area is 148 Å². The maximum Gasteiger partial charge on any atom is 0.310 e. The van der Waals surface area contributed by atoms with Crippen LogP contribution in [0.5, 0.6) is 11.5 Å². The lowest BCUT2D eigenvalue weighted by molar-refractivity contribution is -0.138. The molecule has 3 rings (SSSR count). The van der Waals surface area contributed by atoms with Crippen molar-refractivity contribution in [3.8, 4) is 11.5 Å². The van der Waals surface area contributed by atoms with Crippen molar-refractivity contribution in [2.24, 2.45) is 0 Å². The fraction of sp³-hybridized carbons (Fsp3) is 0.294. The SMILES string of the molecule is Cc1ccn(NCc2cc3c(cc2Cl)OCO3)c(=O)c1C(C)C(=O)O. The molecular weight excluding hydrogens is 348 g/mol. The van der Waals surface area contributed by atoms with Crippen LogP contribution in [0.15, 0.2) is 29.2 Å². The standard InChI is InChI=1S/C17H17ClN2O5/c1-9-3-4-20(16(21)15(9)10(2)17(22)23)19-7-11-5-13-14(6-12(11)18)25-8-24-13/h3-6,10,19H,7-8H2,1-2H3,(H,22,23). The van der Waals surface area contributed by atoms with E-state index in [0.717, 1.165) is 5.56 Å². The summed E-state index contributed by atoms with van der Waals surface area (Å²) in [4.78, 5) is 23.8. The van der Waals surface area contributed by atoms with Crippen LogP contribution >= 0.6 is 11.6 Å². The van der Waals surface area contributed by atoms with Crippen molar-refractivity contribution in [3.63, 3.8) is 0 Å². The quantitative estimate of drug-likeness (QED) is 0.847. The van der Waals surface area contributed by atoms with Crippen molar-refractivity contribution in [2.45, 2.75) is 26.3 Å². The molecule has 2 aromatic rings. The lowest BCUT2D eigenvalue weighted by Gasteiger charge is -2.15. The number of hydrogen-bond acceptors (Lipinski definition) is 5. The number of carboxylic acids is 1. The second-order valence-corrected chi connectivity index (χ2v) is 6.19. The molecular formula is C17H17ClN2O5. The number of hydrogen-bond donors (Lipinski definition) is 2. The summed E-state index contributed by atoms with van der Waals surface area (Å²) in [6, 6.07) is 5.11. The van der Waals surface area contributed by atoms with Crippen LogP contribution in [0.3, 0.4) is 0 Å². The molecule has 1 aliphatic heterocycles. The zero-order valence-electron chi connectivity index (χ0n) is 13.7. The number of aliphatic carboxylic acids is 1. The number of carbonyl (C=O) groups is 1. The topological polar surface area (TPSA) is 89.8 Å². The van der Waals surface area contributed by atoms with Crippen LogP contribution < -0.4 is 20.5 Å². The van der Waals surface area contributed by atoms with Crippen LogP contribution in [-0.4, -0.2) is 22.5 Å². The molecule has 1 aromatic heterocycles. The van der Waals surface area contributed by atoms with Crippen molar-refractivity contribution < 1.29 is 19.4 Å². The van der Waals surface area contributed by atoms with Crippen molar-refractivity contribution in [2.75, 3.05) is 12.2 Å². The van der Waals surface area contributed by atoms with Gasteiger partial charge in [-0.15, -0.1) is 0 Å². The summed E-state index contributed by atoms with van der Waals surface area (Å²) in [5.74, 6) is -0.760. The molecule has 0 bridgehead atoms. The van der Waals surface area contributed by atoms with Gasteiger partial charge in [0, 0.05) is 22.8 Å². The fourth-order valence-electron chi connectivity index (χ4n) is 2.68. The molecule has 0 amide bonds. The number of ether oxygens (including phenoxy) is 2. The lowest BCUT2D eigenvalue weighted by atomic mass is 9.99. The van der Waals surface area contributed by atoms with E-state index in [0.29, 0.717) is 22.1 Å². The highest BCUT2D eigenvalue weighted by Crippen LogP contribution is 2.36. The van der Waals surface area contributed by atoms with E-state index < -0.39 is 17.4 Å². The molecule has 2 N–H and O–H groups in total. The Morgan fingerprint density at radius 2 is 2.08 bits per heavy atom. The molecule has 0 saturated heterocycles. The number of carboxylic acid groups (broad SMARTS) is 1. The van der Waals surface area contributed by atoms with E-state index in [2.05, 4.69) is 5.43 Å². The smallest absolute Gasteiger partial charge is 0.310 e. The maximum absolute atomic E-state index is 12.6. The second kappa shape index (κ2) is 6.68. The Morgan fingerprint density at radius 3 is 2.76 bits per heavy atom. The van der Waals surface area contributed by atoms with Gasteiger partial charge in [0.25, 0.3) is 5.56 Å². The summed E-state index contributed by atoms with van der Waals surface area (Å²) in [5.41, 5.74) is 4.17. The molecule has 0 saturated carbocycles. The molecule has 1 aliphatic rings. The minimum atomic E-state index is -1.04. The Bertz CT molecular complexity index is 893. The van der Waals surface area contributed by atoms with Crippen LogP contribution in [0.2, 0.25) is 5.02 Å². The molecule has 0 radical (unpaired) electrons. The van der Waals surface area contributed by atoms with Crippen LogP contribution in [0.1, 0.15) is 29.5 Å². The third kappa shape index (κ3) is 3.28. The van der Waals surface area contributed by atoms with Gasteiger partial charge in [0.15, 0.2) is 11.5 Å². The summed E-state index contributed by atoms with van der Waals surface area (Å²) < 4.78 is 11.8. The summed E-state index contributed by atoms with van der Waals surface area (Å²) in [6.07, 6.45) is 1.57. The molecule has 8 heteroatoms. The molecule has 2 heterocycles. The van der Waals surface area contributed by atoms with E-state index in [1.54, 1.807) is 31.3 Å².